The van der Waals surface area contributed by atoms with Crippen LogP contribution in [0.5, 0.6) is 0 Å². The molecule has 0 saturated heterocycles. The van der Waals surface area contributed by atoms with Crippen LogP contribution in [-0.2, 0) is 0 Å². The normalized spacial score (nSPS) is 12.8. The van der Waals surface area contributed by atoms with Crippen molar-refractivity contribution in [3.8, 4) is 0 Å². The molecule has 0 aliphatic carbocycles. The van der Waals surface area contributed by atoms with Crippen molar-refractivity contribution in [1.29, 1.82) is 0 Å². The summed E-state index contributed by atoms with van der Waals surface area (Å²) in [6.45, 7) is 0. The molecule has 3 heteroatoms. The van der Waals surface area contributed by atoms with Crippen LogP contribution in [-0.4, -0.2) is 10.2 Å². The molecule has 0 atom stereocenters. The third kappa shape index (κ3) is 4.54. The molecule has 0 unspecified atom stereocenters. The summed E-state index contributed by atoms with van der Waals surface area (Å²) in [7, 11) is 0.864. The predicted octanol–water partition coefficient (Wildman–Crippen LogP) is 0.628. The van der Waals surface area contributed by atoms with E-state index < -0.39 is 0 Å². The summed E-state index contributed by atoms with van der Waals surface area (Å²) in [5, 5.41) is 0. The monoisotopic (exact) mass is 126 g/mol. The first kappa shape index (κ1) is 5.54. The molecular weight excluding hydrogens is 123 g/mol. The second kappa shape index (κ2) is 2.76. The second-order valence-corrected chi connectivity index (χ2v) is 3.22. The Bertz CT molecular complexity index is 45.6. The van der Waals surface area contributed by atoms with Gasteiger partial charge >= 0.3 is 0 Å². The first-order chi connectivity index (χ1) is 2.27. The van der Waals surface area contributed by atoms with Gasteiger partial charge in [-0.3, -0.25) is 0 Å². The van der Waals surface area contributed by atoms with Crippen LogP contribution >= 0.6 is 23.2 Å². The van der Waals surface area contributed by atoms with E-state index in [0.29, 0.717) is 0 Å². The van der Waals surface area contributed by atoms with Crippen LogP contribution in [0, 0.1) is 0 Å². The summed E-state index contributed by atoms with van der Waals surface area (Å²) in [6.07, 6.45) is 0. The first-order valence-electron chi connectivity index (χ1n) is 1.20. The summed E-state index contributed by atoms with van der Waals surface area (Å²) < 4.78 is 0.756. The quantitative estimate of drug-likeness (QED) is 0.418. The summed E-state index contributed by atoms with van der Waals surface area (Å²) in [5.41, 5.74) is 1.38. The fraction of sp³-hybridized carbons (Fsp3) is 0. The lowest BCUT2D eigenvalue weighted by molar-refractivity contribution is 2.36. The second-order valence-electron chi connectivity index (χ2n) is 0.696. The van der Waals surface area contributed by atoms with Crippen molar-refractivity contribution in [2.24, 2.45) is 0 Å². The lowest BCUT2D eigenvalue weighted by Gasteiger charge is -1.68. The summed E-state index contributed by atoms with van der Waals surface area (Å²) >= 11 is 10.3. The first-order valence-corrected chi connectivity index (χ1v) is 3.01. The Morgan fingerprint density at radius 2 is 2.00 bits per heavy atom. The molecule has 0 saturated carbocycles. The average molecular weight is 127 g/mol. The van der Waals surface area contributed by atoms with Gasteiger partial charge in [-0.2, -0.15) is 0 Å². The van der Waals surface area contributed by atoms with E-state index in [9.17, 15) is 0 Å². The van der Waals surface area contributed by atoms with E-state index in [0.717, 1.165) is 14.9 Å². The molecule has 5 heavy (non-hydrogen) atoms. The van der Waals surface area contributed by atoms with Gasteiger partial charge in [-0.15, -0.1) is 0 Å². The van der Waals surface area contributed by atoms with Crippen LogP contribution < -0.4 is 0 Å². The van der Waals surface area contributed by atoms with Crippen molar-refractivity contribution < 1.29 is 0 Å². The molecule has 0 aliphatic heterocycles. The van der Waals surface area contributed by atoms with Crippen molar-refractivity contribution >= 4 is 33.4 Å². The zero-order chi connectivity index (χ0) is 4.28. The number of hydrogen-bond donors (Lipinski definition) is 0. The van der Waals surface area contributed by atoms with Gasteiger partial charge in [-0.05, 0) is 0 Å². The highest BCUT2D eigenvalue weighted by atomic mass is 35.5. The number of rotatable bonds is 0. The molecule has 0 aromatic heterocycles. The fourth-order valence-corrected chi connectivity index (χ4v) is 0. The zero-order valence-electron chi connectivity index (χ0n) is 2.83. The highest BCUT2D eigenvalue weighted by Crippen LogP contribution is 1.92. The zero-order valence-corrected chi connectivity index (χ0v) is 6.35. The molecule has 0 aliphatic rings. The SMILES string of the molecule is [SiH3]C(Cl)=CCl. The molecule has 0 spiro atoms. The average Bonchev–Trinajstić information content (AvgIpc) is 1.38. The van der Waals surface area contributed by atoms with E-state index in [1.165, 1.54) is 5.54 Å². The van der Waals surface area contributed by atoms with Crippen LogP contribution in [0.2, 0.25) is 0 Å². The van der Waals surface area contributed by atoms with Crippen molar-refractivity contribution in [3.05, 3.63) is 10.2 Å². The molecule has 0 fully saturated rings. The Morgan fingerprint density at radius 1 is 1.80 bits per heavy atom. The van der Waals surface area contributed by atoms with Gasteiger partial charge in [0, 0.05) is 10.2 Å². The summed E-state index contributed by atoms with van der Waals surface area (Å²) in [6, 6.07) is 0. The lowest BCUT2D eigenvalue weighted by atomic mass is 11.2. The number of hydrogen-bond acceptors (Lipinski definition) is 0. The van der Waals surface area contributed by atoms with E-state index in [-0.39, 0.29) is 0 Å². The van der Waals surface area contributed by atoms with Gasteiger partial charge in [-0.1, -0.05) is 23.2 Å². The third-order valence-electron chi connectivity index (χ3n) is 0.150. The van der Waals surface area contributed by atoms with E-state index in [1.807, 2.05) is 0 Å². The molecule has 0 amide bonds. The molecule has 0 rings (SSSR count). The minimum atomic E-state index is 0.756. The summed E-state index contributed by atoms with van der Waals surface area (Å²) in [4.78, 5) is 0. The van der Waals surface area contributed by atoms with Crippen LogP contribution in [0.1, 0.15) is 0 Å². The summed E-state index contributed by atoms with van der Waals surface area (Å²) in [5.74, 6) is 0. The maximum Gasteiger partial charge on any atom is 0.0544 e. The molecule has 0 nitrogen and oxygen atoms in total. The van der Waals surface area contributed by atoms with Crippen LogP contribution in [0.4, 0.5) is 0 Å². The maximum absolute atomic E-state index is 5.25. The molecule has 0 aromatic carbocycles. The van der Waals surface area contributed by atoms with E-state index in [2.05, 4.69) is 0 Å². The van der Waals surface area contributed by atoms with Gasteiger partial charge in [0.15, 0.2) is 0 Å². The molecular formula is C2H4Cl2Si. The highest BCUT2D eigenvalue weighted by Gasteiger charge is 1.66. The fourth-order valence-electron chi connectivity index (χ4n) is 0. The lowest BCUT2D eigenvalue weighted by Crippen LogP contribution is -1.55. The molecule has 0 heterocycles. The molecule has 0 bridgehead atoms. The standard InChI is InChI=1S/C2H4Cl2Si/c3-1-2(4)5/h1H,5H3. The third-order valence-corrected chi connectivity index (χ3v) is 1.35. The van der Waals surface area contributed by atoms with Gasteiger partial charge in [0.2, 0.25) is 0 Å². The minimum absolute atomic E-state index is 0.756. The molecule has 0 aromatic rings. The van der Waals surface area contributed by atoms with Crippen LogP contribution in [0.3, 0.4) is 0 Å². The van der Waals surface area contributed by atoms with Gasteiger partial charge < -0.3 is 0 Å². The smallest absolute Gasteiger partial charge is 0.0544 e. The van der Waals surface area contributed by atoms with Gasteiger partial charge in [0.25, 0.3) is 0 Å². The Kier molecular flexibility index (Phi) is 3.05. The van der Waals surface area contributed by atoms with Gasteiger partial charge in [0.05, 0.1) is 10.2 Å². The Labute approximate surface area is 44.2 Å². The maximum atomic E-state index is 5.25. The Hall–Kier alpha value is 0.537. The van der Waals surface area contributed by atoms with Crippen molar-refractivity contribution in [2.45, 2.75) is 0 Å². The van der Waals surface area contributed by atoms with E-state index >= 15 is 0 Å². The van der Waals surface area contributed by atoms with E-state index in [4.69, 9.17) is 23.2 Å². The minimum Gasteiger partial charge on any atom is -0.0945 e. The van der Waals surface area contributed by atoms with Gasteiger partial charge in [-0.25, -0.2) is 0 Å². The predicted molar refractivity (Wildman–Crippen MR) is 29.7 cm³/mol. The topological polar surface area (TPSA) is 0 Å². The molecule has 0 radical (unpaired) electrons. The molecule has 0 N–H and O–H groups in total. The van der Waals surface area contributed by atoms with Crippen LogP contribution in [0.15, 0.2) is 10.2 Å². The number of halogens is 2. The molecule has 30 valence electrons. The van der Waals surface area contributed by atoms with Crippen LogP contribution in [0.25, 0.3) is 0 Å². The largest absolute Gasteiger partial charge is 0.0945 e. The van der Waals surface area contributed by atoms with Crippen molar-refractivity contribution in [2.75, 3.05) is 0 Å². The van der Waals surface area contributed by atoms with E-state index in [1.54, 1.807) is 0 Å². The van der Waals surface area contributed by atoms with Crippen molar-refractivity contribution in [1.82, 2.24) is 0 Å². The van der Waals surface area contributed by atoms with Crippen molar-refractivity contribution in [3.63, 3.8) is 0 Å². The highest BCUT2D eigenvalue weighted by molar-refractivity contribution is 6.55. The van der Waals surface area contributed by atoms with Gasteiger partial charge in [0.1, 0.15) is 0 Å². The Morgan fingerprint density at radius 3 is 2.00 bits per heavy atom. The Balaban J connectivity index is 3.14.